The molecular formula is C15H28N2O2. The van der Waals surface area contributed by atoms with Crippen LogP contribution in [0.1, 0.15) is 51.4 Å². The molecule has 1 aliphatic heterocycles. The number of likely N-dealkylation sites (tertiary alicyclic amines) is 1. The number of rotatable bonds is 6. The molecular weight excluding hydrogens is 240 g/mol. The zero-order valence-electron chi connectivity index (χ0n) is 11.9. The van der Waals surface area contributed by atoms with Gasteiger partial charge in [0.15, 0.2) is 0 Å². The normalized spacial score (nSPS) is 22.8. The Morgan fingerprint density at radius 2 is 1.84 bits per heavy atom. The summed E-state index contributed by atoms with van der Waals surface area (Å²) in [6, 6.07) is 0.374. The Morgan fingerprint density at radius 3 is 2.47 bits per heavy atom. The van der Waals surface area contributed by atoms with Crippen molar-refractivity contribution in [2.24, 2.45) is 5.92 Å². The molecule has 1 amide bonds. The van der Waals surface area contributed by atoms with Crippen LogP contribution in [-0.4, -0.2) is 48.2 Å². The van der Waals surface area contributed by atoms with Crippen LogP contribution in [0.5, 0.6) is 0 Å². The van der Waals surface area contributed by atoms with E-state index in [4.69, 9.17) is 5.11 Å². The van der Waals surface area contributed by atoms with E-state index in [2.05, 4.69) is 10.2 Å². The summed E-state index contributed by atoms with van der Waals surface area (Å²) in [5, 5.41) is 12.0. The summed E-state index contributed by atoms with van der Waals surface area (Å²) in [6.45, 7) is 3.36. The van der Waals surface area contributed by atoms with Gasteiger partial charge in [0.2, 0.25) is 5.91 Å². The van der Waals surface area contributed by atoms with Gasteiger partial charge in [-0.2, -0.15) is 0 Å². The summed E-state index contributed by atoms with van der Waals surface area (Å²) >= 11 is 0. The summed E-state index contributed by atoms with van der Waals surface area (Å²) in [7, 11) is 0. The van der Waals surface area contributed by atoms with Crippen LogP contribution >= 0.6 is 0 Å². The second-order valence-electron chi connectivity index (χ2n) is 6.12. The third kappa shape index (κ3) is 5.11. The van der Waals surface area contributed by atoms with E-state index >= 15 is 0 Å². The topological polar surface area (TPSA) is 52.6 Å². The van der Waals surface area contributed by atoms with Crippen molar-refractivity contribution in [2.75, 3.05) is 26.2 Å². The molecule has 1 saturated carbocycles. The van der Waals surface area contributed by atoms with E-state index < -0.39 is 0 Å². The molecule has 0 aromatic rings. The van der Waals surface area contributed by atoms with Gasteiger partial charge in [0, 0.05) is 38.7 Å². The fourth-order valence-electron chi connectivity index (χ4n) is 3.36. The van der Waals surface area contributed by atoms with Gasteiger partial charge >= 0.3 is 0 Å². The lowest BCUT2D eigenvalue weighted by molar-refractivity contribution is -0.123. The third-order valence-corrected chi connectivity index (χ3v) is 4.53. The van der Waals surface area contributed by atoms with Gasteiger partial charge in [-0.3, -0.25) is 4.79 Å². The molecule has 0 atom stereocenters. The molecule has 0 aromatic heterocycles. The van der Waals surface area contributed by atoms with Crippen LogP contribution in [0.2, 0.25) is 0 Å². The Kier molecular flexibility index (Phi) is 6.11. The molecule has 2 fully saturated rings. The Balaban J connectivity index is 1.60. The predicted octanol–water partition coefficient (Wildman–Crippen LogP) is 1.53. The predicted molar refractivity (Wildman–Crippen MR) is 75.9 cm³/mol. The molecule has 2 aliphatic rings. The van der Waals surface area contributed by atoms with Crippen LogP contribution in [0.3, 0.4) is 0 Å². The Bertz CT molecular complexity index is 269. The van der Waals surface area contributed by atoms with Crippen molar-refractivity contribution in [1.29, 1.82) is 0 Å². The van der Waals surface area contributed by atoms with Gasteiger partial charge in [0.1, 0.15) is 0 Å². The number of aliphatic hydroxyl groups excluding tert-OH is 1. The van der Waals surface area contributed by atoms with Gasteiger partial charge in [0.05, 0.1) is 0 Å². The van der Waals surface area contributed by atoms with E-state index in [0.29, 0.717) is 12.0 Å². The lowest BCUT2D eigenvalue weighted by atomic mass is 10.0. The van der Waals surface area contributed by atoms with Gasteiger partial charge in [-0.05, 0) is 38.0 Å². The molecule has 1 aliphatic carbocycles. The van der Waals surface area contributed by atoms with Gasteiger partial charge < -0.3 is 15.3 Å². The Hall–Kier alpha value is -0.610. The minimum absolute atomic E-state index is 0.265. The number of piperidine rings is 1. The van der Waals surface area contributed by atoms with E-state index in [1.165, 1.54) is 25.7 Å². The number of hydrogen-bond donors (Lipinski definition) is 2. The number of aliphatic hydroxyl groups is 1. The quantitative estimate of drug-likeness (QED) is 0.768. The van der Waals surface area contributed by atoms with Crippen molar-refractivity contribution >= 4 is 5.91 Å². The van der Waals surface area contributed by atoms with Crippen molar-refractivity contribution in [3.63, 3.8) is 0 Å². The van der Waals surface area contributed by atoms with Crippen molar-refractivity contribution in [3.8, 4) is 0 Å². The summed E-state index contributed by atoms with van der Waals surface area (Å²) in [4.78, 5) is 14.3. The first-order valence-electron chi connectivity index (χ1n) is 7.90. The van der Waals surface area contributed by atoms with E-state index in [9.17, 15) is 4.79 Å². The molecule has 110 valence electrons. The standard InChI is InChI=1S/C15H28N2O2/c18-11-3-8-17-9-6-14(7-10-17)16-15(19)12-13-4-1-2-5-13/h13-14,18H,1-12H2,(H,16,19). The largest absolute Gasteiger partial charge is 0.396 e. The molecule has 2 N–H and O–H groups in total. The molecule has 4 heteroatoms. The fourth-order valence-corrected chi connectivity index (χ4v) is 3.36. The smallest absolute Gasteiger partial charge is 0.220 e. The first-order chi connectivity index (χ1) is 9.28. The Labute approximate surface area is 116 Å². The minimum Gasteiger partial charge on any atom is -0.396 e. The van der Waals surface area contributed by atoms with Crippen LogP contribution < -0.4 is 5.32 Å². The van der Waals surface area contributed by atoms with Gasteiger partial charge in [-0.25, -0.2) is 0 Å². The third-order valence-electron chi connectivity index (χ3n) is 4.53. The van der Waals surface area contributed by atoms with Crippen molar-refractivity contribution in [1.82, 2.24) is 10.2 Å². The molecule has 0 radical (unpaired) electrons. The minimum atomic E-state index is 0.265. The van der Waals surface area contributed by atoms with E-state index in [-0.39, 0.29) is 12.5 Å². The summed E-state index contributed by atoms with van der Waals surface area (Å²) in [6.07, 6.45) is 8.82. The SMILES string of the molecule is O=C(CC1CCCC1)NC1CCN(CCCO)CC1. The molecule has 0 aromatic carbocycles. The highest BCUT2D eigenvalue weighted by Gasteiger charge is 2.23. The second kappa shape index (κ2) is 7.85. The van der Waals surface area contributed by atoms with Gasteiger partial charge in [0.25, 0.3) is 0 Å². The lowest BCUT2D eigenvalue weighted by Crippen LogP contribution is -2.45. The average molecular weight is 268 g/mol. The molecule has 1 saturated heterocycles. The van der Waals surface area contributed by atoms with Crippen molar-refractivity contribution in [2.45, 2.75) is 57.4 Å². The number of carbonyl (C=O) groups excluding carboxylic acids is 1. The van der Waals surface area contributed by atoms with Crippen molar-refractivity contribution < 1.29 is 9.90 Å². The van der Waals surface area contributed by atoms with Crippen molar-refractivity contribution in [3.05, 3.63) is 0 Å². The molecule has 2 rings (SSSR count). The van der Waals surface area contributed by atoms with E-state index in [0.717, 1.165) is 45.3 Å². The first-order valence-corrected chi connectivity index (χ1v) is 7.90. The number of carbonyl (C=O) groups is 1. The van der Waals surface area contributed by atoms with Crippen LogP contribution in [0, 0.1) is 5.92 Å². The second-order valence-corrected chi connectivity index (χ2v) is 6.12. The first kappa shape index (κ1) is 14.8. The maximum atomic E-state index is 12.0. The van der Waals surface area contributed by atoms with E-state index in [1.54, 1.807) is 0 Å². The molecule has 0 spiro atoms. The molecule has 19 heavy (non-hydrogen) atoms. The average Bonchev–Trinajstić information content (AvgIpc) is 2.90. The lowest BCUT2D eigenvalue weighted by Gasteiger charge is -2.32. The highest BCUT2D eigenvalue weighted by atomic mass is 16.3. The van der Waals surface area contributed by atoms with Gasteiger partial charge in [-0.15, -0.1) is 0 Å². The molecule has 4 nitrogen and oxygen atoms in total. The summed E-state index contributed by atoms with van der Waals surface area (Å²) < 4.78 is 0. The van der Waals surface area contributed by atoms with Crippen LogP contribution in [-0.2, 0) is 4.79 Å². The maximum Gasteiger partial charge on any atom is 0.220 e. The van der Waals surface area contributed by atoms with Crippen LogP contribution in [0.25, 0.3) is 0 Å². The number of hydrogen-bond acceptors (Lipinski definition) is 3. The zero-order valence-corrected chi connectivity index (χ0v) is 11.9. The summed E-state index contributed by atoms with van der Waals surface area (Å²) in [5.74, 6) is 0.908. The molecule has 0 unspecified atom stereocenters. The molecule has 0 bridgehead atoms. The highest BCUT2D eigenvalue weighted by molar-refractivity contribution is 5.76. The monoisotopic (exact) mass is 268 g/mol. The van der Waals surface area contributed by atoms with Crippen LogP contribution in [0.4, 0.5) is 0 Å². The fraction of sp³-hybridized carbons (Fsp3) is 0.933. The highest BCUT2D eigenvalue weighted by Crippen LogP contribution is 2.27. The zero-order chi connectivity index (χ0) is 13.5. The molecule has 1 heterocycles. The van der Waals surface area contributed by atoms with E-state index in [1.807, 2.05) is 0 Å². The maximum absolute atomic E-state index is 12.0. The number of amides is 1. The number of nitrogens with one attached hydrogen (secondary N) is 1. The summed E-state index contributed by atoms with van der Waals surface area (Å²) in [5.41, 5.74) is 0. The number of nitrogens with zero attached hydrogens (tertiary/aromatic N) is 1. The Morgan fingerprint density at radius 1 is 1.16 bits per heavy atom. The van der Waals surface area contributed by atoms with Crippen LogP contribution in [0.15, 0.2) is 0 Å². The van der Waals surface area contributed by atoms with Gasteiger partial charge in [-0.1, -0.05) is 12.8 Å².